The van der Waals surface area contributed by atoms with Crippen molar-refractivity contribution in [3.63, 3.8) is 0 Å². The molecule has 0 N–H and O–H groups in total. The first-order chi connectivity index (χ1) is 8.17. The molecule has 1 aliphatic rings. The van der Waals surface area contributed by atoms with Gasteiger partial charge in [0.1, 0.15) is 0 Å². The highest BCUT2D eigenvalue weighted by Gasteiger charge is 2.31. The highest BCUT2D eigenvalue weighted by molar-refractivity contribution is 6.15. The van der Waals surface area contributed by atoms with E-state index in [0.717, 1.165) is 0 Å². The molecular weight excluding hydrogens is 224 g/mol. The lowest BCUT2D eigenvalue weighted by atomic mass is 10.1. The van der Waals surface area contributed by atoms with Crippen LogP contribution >= 0.6 is 0 Å². The molecular formula is C12H12O5. The third kappa shape index (κ3) is 1.95. The molecule has 0 bridgehead atoms. The SMILES string of the molecule is CCOc1cc2c(cc1OCC)C(=O)OC2=O. The van der Waals surface area contributed by atoms with Crippen molar-refractivity contribution in [2.24, 2.45) is 0 Å². The molecule has 17 heavy (non-hydrogen) atoms. The molecule has 0 spiro atoms. The number of hydrogen-bond donors (Lipinski definition) is 0. The molecule has 5 heteroatoms. The summed E-state index contributed by atoms with van der Waals surface area (Å²) in [6.45, 7) is 4.54. The Bertz CT molecular complexity index is 435. The predicted molar refractivity (Wildman–Crippen MR) is 58.5 cm³/mol. The summed E-state index contributed by atoms with van der Waals surface area (Å²) >= 11 is 0. The summed E-state index contributed by atoms with van der Waals surface area (Å²) in [5.74, 6) is -0.400. The molecule has 0 aromatic heterocycles. The molecule has 90 valence electrons. The van der Waals surface area contributed by atoms with Crippen LogP contribution in [0.4, 0.5) is 0 Å². The first kappa shape index (κ1) is 11.4. The van der Waals surface area contributed by atoms with Gasteiger partial charge in [-0.1, -0.05) is 0 Å². The van der Waals surface area contributed by atoms with Crippen LogP contribution in [-0.2, 0) is 4.74 Å². The number of carbonyl (C=O) groups excluding carboxylic acids is 2. The summed E-state index contributed by atoms with van der Waals surface area (Å²) in [5, 5.41) is 0. The summed E-state index contributed by atoms with van der Waals surface area (Å²) in [4.78, 5) is 22.7. The number of cyclic esters (lactones) is 2. The molecule has 2 rings (SSSR count). The number of carbonyl (C=O) groups is 2. The maximum atomic E-state index is 11.4. The third-order valence-electron chi connectivity index (χ3n) is 2.31. The second kappa shape index (κ2) is 4.45. The summed E-state index contributed by atoms with van der Waals surface area (Å²) in [5.41, 5.74) is 0.448. The Morgan fingerprint density at radius 2 is 1.35 bits per heavy atom. The van der Waals surface area contributed by atoms with Gasteiger partial charge in [-0.2, -0.15) is 0 Å². The monoisotopic (exact) mass is 236 g/mol. The van der Waals surface area contributed by atoms with Crippen LogP contribution < -0.4 is 9.47 Å². The fourth-order valence-electron chi connectivity index (χ4n) is 1.63. The van der Waals surface area contributed by atoms with Gasteiger partial charge in [0.15, 0.2) is 11.5 Å². The van der Waals surface area contributed by atoms with Crippen molar-refractivity contribution in [3.05, 3.63) is 23.3 Å². The van der Waals surface area contributed by atoms with Crippen molar-refractivity contribution in [2.45, 2.75) is 13.8 Å². The Kier molecular flexibility index (Phi) is 2.99. The molecule has 1 aliphatic heterocycles. The lowest BCUT2D eigenvalue weighted by molar-refractivity contribution is 0.0443. The van der Waals surface area contributed by atoms with Crippen LogP contribution in [0.3, 0.4) is 0 Å². The summed E-state index contributed by atoms with van der Waals surface area (Å²) in [6.07, 6.45) is 0. The lowest BCUT2D eigenvalue weighted by Crippen LogP contribution is -2.01. The van der Waals surface area contributed by atoms with Gasteiger partial charge in [-0.15, -0.1) is 0 Å². The molecule has 0 fully saturated rings. The molecule has 0 unspecified atom stereocenters. The summed E-state index contributed by atoms with van der Waals surface area (Å²) in [7, 11) is 0. The predicted octanol–water partition coefficient (Wildman–Crippen LogP) is 1.79. The van der Waals surface area contributed by atoms with Crippen molar-refractivity contribution in [2.75, 3.05) is 13.2 Å². The Balaban J connectivity index is 2.50. The summed E-state index contributed by atoms with van der Waals surface area (Å²) < 4.78 is 15.2. The molecule has 0 saturated carbocycles. The number of hydrogen-bond acceptors (Lipinski definition) is 5. The average Bonchev–Trinajstić information content (AvgIpc) is 2.56. The minimum atomic E-state index is -0.644. The van der Waals surface area contributed by atoms with Gasteiger partial charge in [-0.25, -0.2) is 9.59 Å². The van der Waals surface area contributed by atoms with Crippen LogP contribution in [0.15, 0.2) is 12.1 Å². The molecule has 1 aromatic carbocycles. The van der Waals surface area contributed by atoms with Gasteiger partial charge in [0.25, 0.3) is 0 Å². The van der Waals surface area contributed by atoms with Gasteiger partial charge in [0, 0.05) is 0 Å². The number of fused-ring (bicyclic) bond motifs is 1. The molecule has 1 heterocycles. The first-order valence-corrected chi connectivity index (χ1v) is 5.37. The van der Waals surface area contributed by atoms with Crippen LogP contribution in [0.1, 0.15) is 34.6 Å². The smallest absolute Gasteiger partial charge is 0.347 e. The maximum absolute atomic E-state index is 11.4. The van der Waals surface area contributed by atoms with Crippen molar-refractivity contribution < 1.29 is 23.8 Å². The van der Waals surface area contributed by atoms with Gasteiger partial charge in [-0.3, -0.25) is 0 Å². The van der Waals surface area contributed by atoms with E-state index < -0.39 is 11.9 Å². The van der Waals surface area contributed by atoms with Gasteiger partial charge >= 0.3 is 11.9 Å². The van der Waals surface area contributed by atoms with Crippen molar-refractivity contribution >= 4 is 11.9 Å². The van der Waals surface area contributed by atoms with Crippen LogP contribution in [0.25, 0.3) is 0 Å². The zero-order valence-electron chi connectivity index (χ0n) is 9.61. The van der Waals surface area contributed by atoms with Crippen molar-refractivity contribution in [3.8, 4) is 11.5 Å². The number of esters is 2. The largest absolute Gasteiger partial charge is 0.490 e. The molecule has 0 saturated heterocycles. The van der Waals surface area contributed by atoms with E-state index in [4.69, 9.17) is 9.47 Å². The zero-order chi connectivity index (χ0) is 12.4. The van der Waals surface area contributed by atoms with Gasteiger partial charge in [0.2, 0.25) is 0 Å². The minimum Gasteiger partial charge on any atom is -0.490 e. The minimum absolute atomic E-state index is 0.224. The van der Waals surface area contributed by atoms with Crippen LogP contribution in [-0.4, -0.2) is 25.2 Å². The zero-order valence-corrected chi connectivity index (χ0v) is 9.61. The van der Waals surface area contributed by atoms with Crippen molar-refractivity contribution in [1.82, 2.24) is 0 Å². The molecule has 0 atom stereocenters. The standard InChI is InChI=1S/C12H12O5/c1-3-15-9-5-7-8(6-10(9)16-4-2)12(14)17-11(7)13/h5-6H,3-4H2,1-2H3. The first-order valence-electron chi connectivity index (χ1n) is 5.37. The molecule has 1 aromatic rings. The van der Waals surface area contributed by atoms with E-state index in [2.05, 4.69) is 4.74 Å². The Hall–Kier alpha value is -2.04. The highest BCUT2D eigenvalue weighted by atomic mass is 16.6. The van der Waals surface area contributed by atoms with E-state index in [0.29, 0.717) is 24.7 Å². The van der Waals surface area contributed by atoms with Gasteiger partial charge in [-0.05, 0) is 26.0 Å². The third-order valence-corrected chi connectivity index (χ3v) is 2.31. The molecule has 0 aliphatic carbocycles. The van der Waals surface area contributed by atoms with E-state index in [1.165, 1.54) is 12.1 Å². The van der Waals surface area contributed by atoms with E-state index in [1.54, 1.807) is 0 Å². The lowest BCUT2D eigenvalue weighted by Gasteiger charge is -2.11. The topological polar surface area (TPSA) is 61.8 Å². The number of rotatable bonds is 4. The second-order valence-electron chi connectivity index (χ2n) is 3.39. The highest BCUT2D eigenvalue weighted by Crippen LogP contribution is 2.34. The van der Waals surface area contributed by atoms with Crippen LogP contribution in [0.2, 0.25) is 0 Å². The van der Waals surface area contributed by atoms with Crippen LogP contribution in [0.5, 0.6) is 11.5 Å². The fraction of sp³-hybridized carbons (Fsp3) is 0.333. The molecule has 0 amide bonds. The fourth-order valence-corrected chi connectivity index (χ4v) is 1.63. The second-order valence-corrected chi connectivity index (χ2v) is 3.39. The Labute approximate surface area is 98.3 Å². The maximum Gasteiger partial charge on any atom is 0.347 e. The van der Waals surface area contributed by atoms with E-state index in [1.807, 2.05) is 13.8 Å². The van der Waals surface area contributed by atoms with E-state index in [-0.39, 0.29) is 11.1 Å². The Morgan fingerprint density at radius 3 is 1.71 bits per heavy atom. The van der Waals surface area contributed by atoms with Crippen LogP contribution in [0, 0.1) is 0 Å². The summed E-state index contributed by atoms with van der Waals surface area (Å²) in [6, 6.07) is 2.97. The van der Waals surface area contributed by atoms with Gasteiger partial charge < -0.3 is 14.2 Å². The van der Waals surface area contributed by atoms with Crippen molar-refractivity contribution in [1.29, 1.82) is 0 Å². The molecule has 5 nitrogen and oxygen atoms in total. The number of benzene rings is 1. The molecule has 0 radical (unpaired) electrons. The Morgan fingerprint density at radius 1 is 0.941 bits per heavy atom. The number of ether oxygens (including phenoxy) is 3. The quantitative estimate of drug-likeness (QED) is 0.589. The van der Waals surface area contributed by atoms with Gasteiger partial charge in [0.05, 0.1) is 24.3 Å². The van der Waals surface area contributed by atoms with E-state index in [9.17, 15) is 9.59 Å². The normalized spacial score (nSPS) is 13.3. The average molecular weight is 236 g/mol. The van der Waals surface area contributed by atoms with E-state index >= 15 is 0 Å².